The Balaban J connectivity index is 2.02. The fraction of sp³-hybridized carbons (Fsp3) is 0.556. The predicted octanol–water partition coefficient (Wildman–Crippen LogP) is 4.10. The molecule has 0 saturated carbocycles. The second-order valence-corrected chi connectivity index (χ2v) is 7.97. The molecule has 6 heteroatoms. The fourth-order valence-electron chi connectivity index (χ4n) is 2.64. The van der Waals surface area contributed by atoms with Crippen molar-refractivity contribution in [3.05, 3.63) is 33.8 Å². The largest absolute Gasteiger partial charge is 0.444 e. The van der Waals surface area contributed by atoms with E-state index in [9.17, 15) is 9.59 Å². The van der Waals surface area contributed by atoms with Gasteiger partial charge in [-0.25, -0.2) is 4.79 Å². The summed E-state index contributed by atoms with van der Waals surface area (Å²) < 4.78 is 6.05. The zero-order chi connectivity index (χ0) is 17.7. The molecule has 1 saturated heterocycles. The van der Waals surface area contributed by atoms with Gasteiger partial charge >= 0.3 is 6.09 Å². The number of nitrogens with one attached hydrogen (secondary N) is 1. The van der Waals surface area contributed by atoms with Crippen LogP contribution in [0.2, 0.25) is 0 Å². The lowest BCUT2D eigenvalue weighted by Gasteiger charge is -2.27. The maximum Gasteiger partial charge on any atom is 0.407 e. The van der Waals surface area contributed by atoms with Crippen LogP contribution in [0.25, 0.3) is 0 Å². The van der Waals surface area contributed by atoms with Crippen LogP contribution >= 0.6 is 15.9 Å². The topological polar surface area (TPSA) is 58.6 Å². The SMILES string of the molecule is CC(C)(C)OC(=O)NCc1cc(Br)cc(C(=O)N2CCCCC2)c1. The van der Waals surface area contributed by atoms with E-state index in [4.69, 9.17) is 4.74 Å². The quantitative estimate of drug-likeness (QED) is 0.836. The highest BCUT2D eigenvalue weighted by molar-refractivity contribution is 9.10. The number of piperidine rings is 1. The van der Waals surface area contributed by atoms with Gasteiger partial charge in [-0.15, -0.1) is 0 Å². The Bertz CT molecular complexity index is 605. The number of likely N-dealkylation sites (tertiary alicyclic amines) is 1. The summed E-state index contributed by atoms with van der Waals surface area (Å²) in [5, 5.41) is 2.72. The molecule has 2 amide bonds. The molecule has 1 aromatic rings. The summed E-state index contributed by atoms with van der Waals surface area (Å²) in [6, 6.07) is 5.55. The molecule has 1 aliphatic rings. The van der Waals surface area contributed by atoms with Gasteiger partial charge in [0.1, 0.15) is 5.60 Å². The van der Waals surface area contributed by atoms with Crippen LogP contribution in [0.5, 0.6) is 0 Å². The minimum atomic E-state index is -0.531. The molecule has 132 valence electrons. The monoisotopic (exact) mass is 396 g/mol. The third kappa shape index (κ3) is 5.82. The van der Waals surface area contributed by atoms with Gasteiger partial charge in [0.2, 0.25) is 0 Å². The number of nitrogens with zero attached hydrogens (tertiary/aromatic N) is 1. The summed E-state index contributed by atoms with van der Waals surface area (Å²) in [6.07, 6.45) is 2.85. The van der Waals surface area contributed by atoms with E-state index >= 15 is 0 Å². The Morgan fingerprint density at radius 1 is 1.17 bits per heavy atom. The van der Waals surface area contributed by atoms with Gasteiger partial charge < -0.3 is 15.0 Å². The van der Waals surface area contributed by atoms with Crippen molar-refractivity contribution in [3.8, 4) is 0 Å². The van der Waals surface area contributed by atoms with E-state index in [2.05, 4.69) is 21.2 Å². The lowest BCUT2D eigenvalue weighted by atomic mass is 10.1. The highest BCUT2D eigenvalue weighted by Crippen LogP contribution is 2.19. The van der Waals surface area contributed by atoms with Gasteiger partial charge in [0.05, 0.1) is 0 Å². The van der Waals surface area contributed by atoms with Gasteiger partial charge in [-0.3, -0.25) is 4.79 Å². The van der Waals surface area contributed by atoms with Gasteiger partial charge in [0.15, 0.2) is 0 Å². The summed E-state index contributed by atoms with van der Waals surface area (Å²) in [5.74, 6) is 0.0505. The first-order valence-corrected chi connectivity index (χ1v) is 9.09. The number of hydrogen-bond acceptors (Lipinski definition) is 3. The molecule has 0 aromatic heterocycles. The zero-order valence-electron chi connectivity index (χ0n) is 14.5. The molecular weight excluding hydrogens is 372 g/mol. The van der Waals surface area contributed by atoms with Crippen molar-refractivity contribution in [2.75, 3.05) is 13.1 Å². The minimum absolute atomic E-state index is 0.0505. The fourth-order valence-corrected chi connectivity index (χ4v) is 3.18. The third-order valence-electron chi connectivity index (χ3n) is 3.68. The molecule has 2 rings (SSSR count). The van der Waals surface area contributed by atoms with Crippen molar-refractivity contribution in [1.29, 1.82) is 0 Å². The van der Waals surface area contributed by atoms with Gasteiger partial charge in [-0.2, -0.15) is 0 Å². The number of benzene rings is 1. The molecule has 5 nitrogen and oxygen atoms in total. The van der Waals surface area contributed by atoms with Crippen molar-refractivity contribution < 1.29 is 14.3 Å². The molecule has 1 heterocycles. The molecule has 1 aliphatic heterocycles. The maximum absolute atomic E-state index is 12.6. The van der Waals surface area contributed by atoms with Crippen LogP contribution in [0.1, 0.15) is 56.0 Å². The predicted molar refractivity (Wildman–Crippen MR) is 97.0 cm³/mol. The Hall–Kier alpha value is -1.56. The zero-order valence-corrected chi connectivity index (χ0v) is 16.1. The summed E-state index contributed by atoms with van der Waals surface area (Å²) in [6.45, 7) is 7.41. The Labute approximate surface area is 151 Å². The van der Waals surface area contributed by atoms with Gasteiger partial charge in [0.25, 0.3) is 5.91 Å². The second kappa shape index (κ2) is 8.01. The van der Waals surface area contributed by atoms with E-state index < -0.39 is 11.7 Å². The van der Waals surface area contributed by atoms with Crippen LogP contribution in [-0.2, 0) is 11.3 Å². The maximum atomic E-state index is 12.6. The number of alkyl carbamates (subject to hydrolysis) is 1. The lowest BCUT2D eigenvalue weighted by molar-refractivity contribution is 0.0523. The molecule has 0 atom stereocenters. The molecule has 0 spiro atoms. The van der Waals surface area contributed by atoms with Gasteiger partial charge in [-0.1, -0.05) is 15.9 Å². The van der Waals surface area contributed by atoms with Crippen molar-refractivity contribution in [3.63, 3.8) is 0 Å². The Morgan fingerprint density at radius 3 is 2.46 bits per heavy atom. The molecule has 1 aromatic carbocycles. The first-order valence-electron chi connectivity index (χ1n) is 8.30. The summed E-state index contributed by atoms with van der Waals surface area (Å²) >= 11 is 3.45. The first-order chi connectivity index (χ1) is 11.2. The van der Waals surface area contributed by atoms with Crippen molar-refractivity contribution >= 4 is 27.9 Å². The third-order valence-corrected chi connectivity index (χ3v) is 4.14. The summed E-state index contributed by atoms with van der Waals surface area (Å²) in [7, 11) is 0. The van der Waals surface area contributed by atoms with E-state index in [1.54, 1.807) is 0 Å². The molecule has 0 bridgehead atoms. The van der Waals surface area contributed by atoms with Crippen LogP contribution in [0.15, 0.2) is 22.7 Å². The molecular formula is C18H25BrN2O3. The molecule has 0 unspecified atom stereocenters. The van der Waals surface area contributed by atoms with Crippen LogP contribution in [0.4, 0.5) is 4.79 Å². The van der Waals surface area contributed by atoms with E-state index in [1.807, 2.05) is 43.9 Å². The number of rotatable bonds is 3. The molecule has 1 N–H and O–H groups in total. The Morgan fingerprint density at radius 2 is 1.83 bits per heavy atom. The highest BCUT2D eigenvalue weighted by Gasteiger charge is 2.19. The molecule has 24 heavy (non-hydrogen) atoms. The number of hydrogen-bond donors (Lipinski definition) is 1. The van der Waals surface area contributed by atoms with Crippen LogP contribution in [0.3, 0.4) is 0 Å². The number of amides is 2. The molecule has 1 fully saturated rings. The standard InChI is InChI=1S/C18H25BrN2O3/c1-18(2,3)24-17(23)20-12-13-9-14(11-15(19)10-13)16(22)21-7-5-4-6-8-21/h9-11H,4-8,12H2,1-3H3,(H,20,23). The van der Waals surface area contributed by atoms with Crippen molar-refractivity contribution in [2.24, 2.45) is 0 Å². The molecule has 0 radical (unpaired) electrons. The van der Waals surface area contributed by atoms with Crippen LogP contribution in [-0.4, -0.2) is 35.6 Å². The highest BCUT2D eigenvalue weighted by atomic mass is 79.9. The number of ether oxygens (including phenoxy) is 1. The van der Waals surface area contributed by atoms with Crippen molar-refractivity contribution in [1.82, 2.24) is 10.2 Å². The van der Waals surface area contributed by atoms with Gasteiger partial charge in [-0.05, 0) is 63.8 Å². The average molecular weight is 397 g/mol. The van der Waals surface area contributed by atoms with Crippen LogP contribution < -0.4 is 5.32 Å². The number of carbonyl (C=O) groups excluding carboxylic acids is 2. The smallest absolute Gasteiger partial charge is 0.407 e. The minimum Gasteiger partial charge on any atom is -0.444 e. The van der Waals surface area contributed by atoms with E-state index in [-0.39, 0.29) is 5.91 Å². The number of halogens is 1. The van der Waals surface area contributed by atoms with E-state index in [0.29, 0.717) is 12.1 Å². The average Bonchev–Trinajstić information content (AvgIpc) is 2.51. The van der Waals surface area contributed by atoms with Crippen LogP contribution in [0, 0.1) is 0 Å². The second-order valence-electron chi connectivity index (χ2n) is 7.06. The lowest BCUT2D eigenvalue weighted by Crippen LogP contribution is -2.35. The van der Waals surface area contributed by atoms with E-state index in [0.717, 1.165) is 36.0 Å². The summed E-state index contributed by atoms with van der Waals surface area (Å²) in [4.78, 5) is 26.3. The van der Waals surface area contributed by atoms with E-state index in [1.165, 1.54) is 6.42 Å². The summed E-state index contributed by atoms with van der Waals surface area (Å²) in [5.41, 5.74) is 0.972. The first kappa shape index (κ1) is 18.8. The van der Waals surface area contributed by atoms with Crippen molar-refractivity contribution in [2.45, 2.75) is 52.2 Å². The number of carbonyl (C=O) groups is 2. The normalized spacial score (nSPS) is 15.1. The van der Waals surface area contributed by atoms with Gasteiger partial charge in [0, 0.05) is 29.7 Å². The Kier molecular flexibility index (Phi) is 6.27. The molecule has 0 aliphatic carbocycles.